The van der Waals surface area contributed by atoms with E-state index in [1.54, 1.807) is 36.4 Å². The molecule has 6 heteroatoms. The molecule has 27 heavy (non-hydrogen) atoms. The monoisotopic (exact) mass is 365 g/mol. The molecule has 2 N–H and O–H groups in total. The maximum absolute atomic E-state index is 12.7. The zero-order chi connectivity index (χ0) is 18.8. The van der Waals surface area contributed by atoms with Crippen LogP contribution in [0.5, 0.6) is 5.75 Å². The summed E-state index contributed by atoms with van der Waals surface area (Å²) in [5.41, 5.74) is 2.42. The molecule has 2 amide bonds. The van der Waals surface area contributed by atoms with Gasteiger partial charge in [0.15, 0.2) is 0 Å². The normalized spacial score (nSPS) is 16.9. The first-order valence-electron chi connectivity index (χ1n) is 9.34. The number of carbonyl (C=O) groups is 2. The van der Waals surface area contributed by atoms with Crippen molar-refractivity contribution >= 4 is 23.2 Å². The van der Waals surface area contributed by atoms with E-state index in [2.05, 4.69) is 10.2 Å². The second kappa shape index (κ2) is 7.31. The van der Waals surface area contributed by atoms with Gasteiger partial charge >= 0.3 is 0 Å². The molecule has 2 aromatic carbocycles. The van der Waals surface area contributed by atoms with Crippen LogP contribution in [0, 0.1) is 5.92 Å². The molecule has 0 spiro atoms. The molecule has 1 saturated heterocycles. The molecule has 6 nitrogen and oxygen atoms in total. The summed E-state index contributed by atoms with van der Waals surface area (Å²) in [6.07, 6.45) is 1.94. The standard InChI is InChI=1S/C21H23N3O3/c25-19-9-7-18(8-10-19)23-11-13-24(14-12-23)21(27)16-3-5-17(6-4-16)22-20(26)15-1-2-15/h3-10,15,25H,1-2,11-14H2,(H,22,26). The fourth-order valence-electron chi connectivity index (χ4n) is 3.30. The van der Waals surface area contributed by atoms with Gasteiger partial charge in [0.2, 0.25) is 5.91 Å². The molecular weight excluding hydrogens is 342 g/mol. The van der Waals surface area contributed by atoms with E-state index in [9.17, 15) is 14.7 Å². The minimum atomic E-state index is 0.0143. The summed E-state index contributed by atoms with van der Waals surface area (Å²) in [4.78, 5) is 28.6. The molecule has 140 valence electrons. The van der Waals surface area contributed by atoms with Crippen LogP contribution in [0.4, 0.5) is 11.4 Å². The average molecular weight is 365 g/mol. The van der Waals surface area contributed by atoms with Crippen molar-refractivity contribution in [3.63, 3.8) is 0 Å². The van der Waals surface area contributed by atoms with Crippen LogP contribution in [-0.2, 0) is 4.79 Å². The first kappa shape index (κ1) is 17.4. The number of nitrogens with zero attached hydrogens (tertiary/aromatic N) is 2. The molecule has 1 aliphatic carbocycles. The van der Waals surface area contributed by atoms with E-state index in [-0.39, 0.29) is 23.5 Å². The molecule has 0 bridgehead atoms. The third-order valence-corrected chi connectivity index (χ3v) is 5.13. The summed E-state index contributed by atoms with van der Waals surface area (Å²) in [5, 5.41) is 12.3. The molecule has 0 aromatic heterocycles. The highest BCUT2D eigenvalue weighted by atomic mass is 16.3. The summed E-state index contributed by atoms with van der Waals surface area (Å²) in [6.45, 7) is 2.82. The summed E-state index contributed by atoms with van der Waals surface area (Å²) in [6, 6.07) is 14.3. The van der Waals surface area contributed by atoms with Gasteiger partial charge in [0.25, 0.3) is 5.91 Å². The van der Waals surface area contributed by atoms with E-state index in [4.69, 9.17) is 0 Å². The maximum atomic E-state index is 12.7. The van der Waals surface area contributed by atoms with Crippen molar-refractivity contribution in [3.8, 4) is 5.75 Å². The van der Waals surface area contributed by atoms with Gasteiger partial charge in [-0.3, -0.25) is 9.59 Å². The van der Waals surface area contributed by atoms with E-state index in [1.807, 2.05) is 17.0 Å². The summed E-state index contributed by atoms with van der Waals surface area (Å²) in [5.74, 6) is 0.500. The van der Waals surface area contributed by atoms with Crippen molar-refractivity contribution in [2.75, 3.05) is 36.4 Å². The number of phenols is 1. The molecule has 0 radical (unpaired) electrons. The Kier molecular flexibility index (Phi) is 4.71. The number of benzene rings is 2. The number of hydrogen-bond acceptors (Lipinski definition) is 4. The first-order valence-corrected chi connectivity index (χ1v) is 9.34. The summed E-state index contributed by atoms with van der Waals surface area (Å²) in [7, 11) is 0. The molecule has 4 rings (SSSR count). The van der Waals surface area contributed by atoms with Crippen molar-refractivity contribution in [1.82, 2.24) is 4.90 Å². The van der Waals surface area contributed by atoms with E-state index < -0.39 is 0 Å². The number of nitrogens with one attached hydrogen (secondary N) is 1. The van der Waals surface area contributed by atoms with Crippen LogP contribution in [0.15, 0.2) is 48.5 Å². The van der Waals surface area contributed by atoms with Gasteiger partial charge in [-0.2, -0.15) is 0 Å². The molecule has 2 aliphatic rings. The SMILES string of the molecule is O=C(Nc1ccc(C(=O)N2CCN(c3ccc(O)cc3)CC2)cc1)C1CC1. The Morgan fingerprint density at radius 3 is 2.11 bits per heavy atom. The van der Waals surface area contributed by atoms with E-state index in [0.29, 0.717) is 18.7 Å². The van der Waals surface area contributed by atoms with Crippen LogP contribution >= 0.6 is 0 Å². The average Bonchev–Trinajstić information content (AvgIpc) is 3.54. The lowest BCUT2D eigenvalue weighted by Gasteiger charge is -2.36. The number of piperazine rings is 1. The van der Waals surface area contributed by atoms with Crippen molar-refractivity contribution in [3.05, 3.63) is 54.1 Å². The van der Waals surface area contributed by atoms with Crippen molar-refractivity contribution < 1.29 is 14.7 Å². The molecule has 1 aliphatic heterocycles. The third-order valence-electron chi connectivity index (χ3n) is 5.13. The minimum absolute atomic E-state index is 0.0143. The zero-order valence-electron chi connectivity index (χ0n) is 15.1. The van der Waals surface area contributed by atoms with Crippen LogP contribution in [0.25, 0.3) is 0 Å². The Balaban J connectivity index is 1.33. The predicted octanol–water partition coefficient (Wildman–Crippen LogP) is 2.70. The Hall–Kier alpha value is -3.02. The lowest BCUT2D eigenvalue weighted by Crippen LogP contribution is -2.48. The maximum Gasteiger partial charge on any atom is 0.253 e. The quantitative estimate of drug-likeness (QED) is 0.874. The Bertz CT molecular complexity index is 821. The second-order valence-corrected chi connectivity index (χ2v) is 7.14. The van der Waals surface area contributed by atoms with Crippen LogP contribution in [-0.4, -0.2) is 48.0 Å². The molecule has 0 unspecified atom stereocenters. The fourth-order valence-corrected chi connectivity index (χ4v) is 3.30. The molecule has 2 aromatic rings. The van der Waals surface area contributed by atoms with Gasteiger partial charge in [-0.15, -0.1) is 0 Å². The highest BCUT2D eigenvalue weighted by Crippen LogP contribution is 2.30. The topological polar surface area (TPSA) is 72.9 Å². The largest absolute Gasteiger partial charge is 0.508 e. The summed E-state index contributed by atoms with van der Waals surface area (Å²) < 4.78 is 0. The molecule has 2 fully saturated rings. The van der Waals surface area contributed by atoms with Gasteiger partial charge < -0.3 is 20.2 Å². The third kappa shape index (κ3) is 4.05. The van der Waals surface area contributed by atoms with Crippen LogP contribution in [0.3, 0.4) is 0 Å². The first-order chi connectivity index (χ1) is 13.1. The number of hydrogen-bond donors (Lipinski definition) is 2. The highest BCUT2D eigenvalue weighted by Gasteiger charge is 2.29. The molecular formula is C21H23N3O3. The van der Waals surface area contributed by atoms with E-state index in [0.717, 1.165) is 37.3 Å². The van der Waals surface area contributed by atoms with Crippen LogP contribution in [0.2, 0.25) is 0 Å². The fraction of sp³-hybridized carbons (Fsp3) is 0.333. The molecule has 1 heterocycles. The number of aromatic hydroxyl groups is 1. The Morgan fingerprint density at radius 2 is 1.52 bits per heavy atom. The van der Waals surface area contributed by atoms with Crippen LogP contribution < -0.4 is 10.2 Å². The zero-order valence-corrected chi connectivity index (χ0v) is 15.1. The Labute approximate surface area is 158 Å². The summed E-state index contributed by atoms with van der Waals surface area (Å²) >= 11 is 0. The van der Waals surface area contributed by atoms with Crippen LogP contribution in [0.1, 0.15) is 23.2 Å². The number of rotatable bonds is 4. The van der Waals surface area contributed by atoms with E-state index in [1.165, 1.54) is 0 Å². The van der Waals surface area contributed by atoms with Gasteiger partial charge in [-0.05, 0) is 61.4 Å². The Morgan fingerprint density at radius 1 is 0.889 bits per heavy atom. The van der Waals surface area contributed by atoms with Gasteiger partial charge in [-0.25, -0.2) is 0 Å². The smallest absolute Gasteiger partial charge is 0.253 e. The number of anilines is 2. The second-order valence-electron chi connectivity index (χ2n) is 7.14. The molecule has 0 atom stereocenters. The lowest BCUT2D eigenvalue weighted by atomic mass is 10.1. The van der Waals surface area contributed by atoms with Gasteiger partial charge in [0, 0.05) is 49.0 Å². The van der Waals surface area contributed by atoms with Gasteiger partial charge in [0.1, 0.15) is 5.75 Å². The molecule has 1 saturated carbocycles. The number of amides is 2. The lowest BCUT2D eigenvalue weighted by molar-refractivity contribution is -0.117. The van der Waals surface area contributed by atoms with Crippen molar-refractivity contribution in [2.24, 2.45) is 5.92 Å². The minimum Gasteiger partial charge on any atom is -0.508 e. The van der Waals surface area contributed by atoms with Gasteiger partial charge in [-0.1, -0.05) is 0 Å². The van der Waals surface area contributed by atoms with E-state index >= 15 is 0 Å². The predicted molar refractivity (Wildman–Crippen MR) is 104 cm³/mol. The number of phenolic OH excluding ortho intramolecular Hbond substituents is 1. The highest BCUT2D eigenvalue weighted by molar-refractivity contribution is 5.97. The van der Waals surface area contributed by atoms with Crippen molar-refractivity contribution in [2.45, 2.75) is 12.8 Å². The van der Waals surface area contributed by atoms with Crippen molar-refractivity contribution in [1.29, 1.82) is 0 Å². The number of carbonyl (C=O) groups excluding carboxylic acids is 2. The van der Waals surface area contributed by atoms with Gasteiger partial charge in [0.05, 0.1) is 0 Å².